The van der Waals surface area contributed by atoms with E-state index in [1.54, 1.807) is 16.7 Å². The summed E-state index contributed by atoms with van der Waals surface area (Å²) in [7, 11) is 0. The van der Waals surface area contributed by atoms with Crippen molar-refractivity contribution in [3.63, 3.8) is 0 Å². The van der Waals surface area contributed by atoms with Gasteiger partial charge in [0.1, 0.15) is 5.60 Å². The van der Waals surface area contributed by atoms with Crippen LogP contribution in [0.25, 0.3) is 0 Å². The third kappa shape index (κ3) is 5.26. The number of piperidine rings is 1. The van der Waals surface area contributed by atoms with Gasteiger partial charge in [-0.1, -0.05) is 25.1 Å². The summed E-state index contributed by atoms with van der Waals surface area (Å²) in [5.74, 6) is 0.582. The second kappa shape index (κ2) is 8.94. The molecule has 1 aliphatic heterocycles. The Labute approximate surface area is 161 Å². The summed E-state index contributed by atoms with van der Waals surface area (Å²) in [5.41, 5.74) is 0.360. The summed E-state index contributed by atoms with van der Waals surface area (Å²) in [5, 5.41) is 0. The Balaban J connectivity index is 2.02. The molecular formula is C21H31NO3S. The fourth-order valence-corrected chi connectivity index (χ4v) is 4.19. The number of hydrogen-bond acceptors (Lipinski definition) is 4. The molecule has 0 bridgehead atoms. The van der Waals surface area contributed by atoms with Crippen molar-refractivity contribution in [3.05, 3.63) is 29.8 Å². The lowest BCUT2D eigenvalue weighted by molar-refractivity contribution is 0.0161. The van der Waals surface area contributed by atoms with Crippen LogP contribution >= 0.6 is 11.8 Å². The topological polar surface area (TPSA) is 46.6 Å². The van der Waals surface area contributed by atoms with Crippen LogP contribution in [-0.2, 0) is 4.74 Å². The van der Waals surface area contributed by atoms with Gasteiger partial charge in [0.15, 0.2) is 5.78 Å². The maximum Gasteiger partial charge on any atom is 0.410 e. The second-order valence-electron chi connectivity index (χ2n) is 7.88. The molecule has 1 unspecified atom stereocenters. The largest absolute Gasteiger partial charge is 0.444 e. The van der Waals surface area contributed by atoms with Crippen molar-refractivity contribution in [1.82, 2.24) is 4.90 Å². The molecule has 1 saturated heterocycles. The van der Waals surface area contributed by atoms with E-state index in [4.69, 9.17) is 4.74 Å². The molecule has 2 rings (SSSR count). The lowest BCUT2D eigenvalue weighted by Crippen LogP contribution is -2.43. The van der Waals surface area contributed by atoms with Gasteiger partial charge in [0.2, 0.25) is 0 Å². The first-order valence-corrected chi connectivity index (χ1v) is 10.6. The number of benzene rings is 1. The lowest BCUT2D eigenvalue weighted by Gasteiger charge is -2.36. The number of carbonyl (C=O) groups is 2. The van der Waals surface area contributed by atoms with Crippen molar-refractivity contribution < 1.29 is 14.3 Å². The van der Waals surface area contributed by atoms with Crippen LogP contribution in [0.3, 0.4) is 0 Å². The van der Waals surface area contributed by atoms with Gasteiger partial charge in [0.25, 0.3) is 0 Å². The van der Waals surface area contributed by atoms with Crippen LogP contribution in [0.15, 0.2) is 29.2 Å². The molecule has 1 aromatic rings. The quantitative estimate of drug-likeness (QED) is 0.518. The van der Waals surface area contributed by atoms with Crippen LogP contribution < -0.4 is 0 Å². The summed E-state index contributed by atoms with van der Waals surface area (Å²) in [6.07, 6.45) is 4.30. The van der Waals surface area contributed by atoms with Gasteiger partial charge < -0.3 is 9.64 Å². The van der Waals surface area contributed by atoms with E-state index in [-0.39, 0.29) is 17.8 Å². The normalized spacial score (nSPS) is 17.0. The zero-order chi connectivity index (χ0) is 19.3. The van der Waals surface area contributed by atoms with Gasteiger partial charge in [-0.2, -0.15) is 0 Å². The summed E-state index contributed by atoms with van der Waals surface area (Å²) >= 11 is 1.62. The highest BCUT2D eigenvalue weighted by Crippen LogP contribution is 2.33. The highest BCUT2D eigenvalue weighted by atomic mass is 32.2. The van der Waals surface area contributed by atoms with Crippen LogP contribution in [0.5, 0.6) is 0 Å². The first-order valence-electron chi connectivity index (χ1n) is 9.42. The molecule has 1 aromatic carbocycles. The predicted octanol–water partition coefficient (Wildman–Crippen LogP) is 5.26. The highest BCUT2D eigenvalue weighted by molar-refractivity contribution is 7.98. The minimum atomic E-state index is -0.475. The second-order valence-corrected chi connectivity index (χ2v) is 8.73. The lowest BCUT2D eigenvalue weighted by atomic mass is 9.78. The minimum absolute atomic E-state index is 0.0177. The SMILES string of the molecule is CCC(C(=O)c1ccccc1SC)C1CCN(C(=O)OC(C)(C)C)CC1. The molecule has 0 saturated carbocycles. The van der Waals surface area contributed by atoms with Crippen molar-refractivity contribution in [2.24, 2.45) is 11.8 Å². The predicted molar refractivity (Wildman–Crippen MR) is 107 cm³/mol. The van der Waals surface area contributed by atoms with Gasteiger partial charge in [0.05, 0.1) is 0 Å². The average Bonchev–Trinajstić information content (AvgIpc) is 2.61. The molecule has 0 aliphatic carbocycles. The van der Waals surface area contributed by atoms with Crippen LogP contribution in [0.4, 0.5) is 4.79 Å². The monoisotopic (exact) mass is 377 g/mol. The molecule has 4 nitrogen and oxygen atoms in total. The first kappa shape index (κ1) is 20.8. The molecule has 1 amide bonds. The number of rotatable bonds is 5. The third-order valence-corrected chi connectivity index (χ3v) is 5.71. The molecule has 0 radical (unpaired) electrons. The van der Waals surface area contributed by atoms with Crippen molar-refractivity contribution in [2.75, 3.05) is 19.3 Å². The van der Waals surface area contributed by atoms with E-state index in [0.717, 1.165) is 29.7 Å². The molecule has 26 heavy (non-hydrogen) atoms. The number of carbonyl (C=O) groups excluding carboxylic acids is 2. The van der Waals surface area contributed by atoms with Crippen LogP contribution in [-0.4, -0.2) is 41.7 Å². The van der Waals surface area contributed by atoms with E-state index in [0.29, 0.717) is 19.0 Å². The van der Waals surface area contributed by atoms with Crippen molar-refractivity contribution in [1.29, 1.82) is 0 Å². The summed E-state index contributed by atoms with van der Waals surface area (Å²) in [6, 6.07) is 7.86. The number of hydrogen-bond donors (Lipinski definition) is 0. The maximum absolute atomic E-state index is 13.1. The number of Topliss-reactive ketones (excluding diaryl/α,β-unsaturated/α-hetero) is 1. The van der Waals surface area contributed by atoms with Gasteiger partial charge >= 0.3 is 6.09 Å². The number of ether oxygens (including phenoxy) is 1. The van der Waals surface area contributed by atoms with Crippen LogP contribution in [0.1, 0.15) is 57.3 Å². The fourth-order valence-electron chi connectivity index (χ4n) is 3.59. The summed E-state index contributed by atoms with van der Waals surface area (Å²) < 4.78 is 5.46. The van der Waals surface area contributed by atoms with Crippen molar-refractivity contribution >= 4 is 23.6 Å². The number of amides is 1. The van der Waals surface area contributed by atoms with E-state index < -0.39 is 5.60 Å². The van der Waals surface area contributed by atoms with Crippen molar-refractivity contribution in [3.8, 4) is 0 Å². The smallest absolute Gasteiger partial charge is 0.410 e. The Kier molecular flexibility index (Phi) is 7.16. The van der Waals surface area contributed by atoms with Gasteiger partial charge in [-0.15, -0.1) is 11.8 Å². The van der Waals surface area contributed by atoms with E-state index in [2.05, 4.69) is 6.92 Å². The summed E-state index contributed by atoms with van der Waals surface area (Å²) in [4.78, 5) is 28.2. The molecule has 1 atom stereocenters. The molecule has 144 valence electrons. The number of nitrogens with zero attached hydrogens (tertiary/aromatic N) is 1. The number of likely N-dealkylation sites (tertiary alicyclic amines) is 1. The zero-order valence-corrected chi connectivity index (χ0v) is 17.4. The van der Waals surface area contributed by atoms with Gasteiger partial charge in [0, 0.05) is 29.5 Å². The molecule has 0 spiro atoms. The van der Waals surface area contributed by atoms with Gasteiger partial charge in [-0.3, -0.25) is 4.79 Å². The highest BCUT2D eigenvalue weighted by Gasteiger charge is 2.33. The molecule has 5 heteroatoms. The van der Waals surface area contributed by atoms with Crippen LogP contribution in [0, 0.1) is 11.8 Å². The molecule has 1 fully saturated rings. The summed E-state index contributed by atoms with van der Waals surface area (Å²) in [6.45, 7) is 9.05. The first-order chi connectivity index (χ1) is 12.3. The molecular weight excluding hydrogens is 346 g/mol. The van der Waals surface area contributed by atoms with E-state index in [9.17, 15) is 9.59 Å². The Morgan fingerprint density at radius 2 is 1.85 bits per heavy atom. The average molecular weight is 378 g/mol. The Morgan fingerprint density at radius 1 is 1.23 bits per heavy atom. The fraction of sp³-hybridized carbons (Fsp3) is 0.619. The maximum atomic E-state index is 13.1. The van der Waals surface area contributed by atoms with Gasteiger partial charge in [-0.05, 0) is 58.3 Å². The molecule has 0 aromatic heterocycles. The van der Waals surface area contributed by atoms with E-state index in [1.807, 2.05) is 51.3 Å². The van der Waals surface area contributed by atoms with E-state index in [1.165, 1.54) is 0 Å². The number of thioether (sulfide) groups is 1. The Morgan fingerprint density at radius 3 is 2.38 bits per heavy atom. The Bertz CT molecular complexity index is 630. The van der Waals surface area contributed by atoms with Crippen LogP contribution in [0.2, 0.25) is 0 Å². The minimum Gasteiger partial charge on any atom is -0.444 e. The molecule has 1 aliphatic rings. The molecule has 1 heterocycles. The number of ketones is 1. The van der Waals surface area contributed by atoms with E-state index >= 15 is 0 Å². The van der Waals surface area contributed by atoms with Gasteiger partial charge in [-0.25, -0.2) is 4.79 Å². The standard InChI is InChI=1S/C21H31NO3S/c1-6-16(19(23)17-9-7-8-10-18(17)26-5)15-11-13-22(14-12-15)20(24)25-21(2,3)4/h7-10,15-16H,6,11-14H2,1-5H3. The van der Waals surface area contributed by atoms with Crippen molar-refractivity contribution in [2.45, 2.75) is 57.5 Å². The third-order valence-electron chi connectivity index (χ3n) is 4.91. The Hall–Kier alpha value is -1.49. The molecule has 0 N–H and O–H groups in total. The zero-order valence-electron chi connectivity index (χ0n) is 16.6.